The lowest BCUT2D eigenvalue weighted by atomic mass is 9.92. The van der Waals surface area contributed by atoms with Gasteiger partial charge in [-0.25, -0.2) is 19.2 Å². The van der Waals surface area contributed by atoms with E-state index in [1.165, 1.54) is 17.7 Å². The number of halogens is 1. The number of hydrazine groups is 1. The fourth-order valence-electron chi connectivity index (χ4n) is 5.80. The number of hydrogen-bond acceptors (Lipinski definition) is 4. The van der Waals surface area contributed by atoms with Gasteiger partial charge >= 0.3 is 6.03 Å². The smallest absolute Gasteiger partial charge is 0.333 e. The van der Waals surface area contributed by atoms with Crippen molar-refractivity contribution < 1.29 is 18.8 Å². The average molecular weight is 566 g/mol. The second-order valence-electron chi connectivity index (χ2n) is 11.2. The standard InChI is InChI=1S/C32H44FN5O3/c1-4-6-18-34-32(41)38-28-22-35(19-11-10-15-25-13-8-7-9-14-25)31(40)30(24(3)5-2)37(28)29(39)23-36(38)21-26-16-12-17-27(33)20-26/h7-9,12-14,16-17,20,24,28,30H,4-6,10-11,15,18-19,21-23H2,1-3H3,(H,34,41)/t24?,28-,30-/m0/s1. The maximum Gasteiger partial charge on any atom is 0.333 e. The minimum atomic E-state index is -0.641. The Morgan fingerprint density at radius 2 is 1.78 bits per heavy atom. The molecule has 4 rings (SSSR count). The highest BCUT2D eigenvalue weighted by molar-refractivity contribution is 5.91. The van der Waals surface area contributed by atoms with Crippen LogP contribution in [0.1, 0.15) is 64.0 Å². The molecule has 1 N–H and O–H groups in total. The first-order valence-corrected chi connectivity index (χ1v) is 15.0. The zero-order chi connectivity index (χ0) is 29.4. The second-order valence-corrected chi connectivity index (χ2v) is 11.2. The minimum absolute atomic E-state index is 0.0476. The molecule has 0 spiro atoms. The molecule has 222 valence electrons. The molecule has 2 aliphatic heterocycles. The third kappa shape index (κ3) is 7.44. The lowest BCUT2D eigenvalue weighted by molar-refractivity contribution is -0.195. The number of fused-ring (bicyclic) bond motifs is 1. The molecule has 0 saturated carbocycles. The van der Waals surface area contributed by atoms with Gasteiger partial charge in [-0.15, -0.1) is 0 Å². The molecule has 2 fully saturated rings. The quantitative estimate of drug-likeness (QED) is 0.375. The Labute approximate surface area is 243 Å². The summed E-state index contributed by atoms with van der Waals surface area (Å²) in [5.74, 6) is -0.672. The maximum atomic E-state index is 14.0. The summed E-state index contributed by atoms with van der Waals surface area (Å²) >= 11 is 0. The van der Waals surface area contributed by atoms with Crippen molar-refractivity contribution in [1.29, 1.82) is 0 Å². The summed E-state index contributed by atoms with van der Waals surface area (Å²) in [6, 6.07) is 15.6. The molecule has 2 saturated heterocycles. The lowest BCUT2D eigenvalue weighted by Gasteiger charge is -2.56. The molecular weight excluding hydrogens is 521 g/mol. The second kappa shape index (κ2) is 14.4. The number of rotatable bonds is 12. The number of amides is 4. The van der Waals surface area contributed by atoms with E-state index in [1.54, 1.807) is 27.1 Å². The molecule has 1 unspecified atom stereocenters. The van der Waals surface area contributed by atoms with E-state index in [0.29, 0.717) is 18.7 Å². The molecule has 9 heteroatoms. The Morgan fingerprint density at radius 1 is 1.02 bits per heavy atom. The number of hydrogen-bond donors (Lipinski definition) is 1. The fourth-order valence-corrected chi connectivity index (χ4v) is 5.80. The highest BCUT2D eigenvalue weighted by Gasteiger charge is 2.52. The summed E-state index contributed by atoms with van der Waals surface area (Å²) in [6.07, 6.45) is 4.54. The summed E-state index contributed by atoms with van der Waals surface area (Å²) in [4.78, 5) is 44.8. The van der Waals surface area contributed by atoms with Crippen molar-refractivity contribution in [2.45, 2.75) is 78.0 Å². The van der Waals surface area contributed by atoms with E-state index in [2.05, 4.69) is 24.4 Å². The number of nitrogens with one attached hydrogen (secondary N) is 1. The molecule has 0 radical (unpaired) electrons. The van der Waals surface area contributed by atoms with Crippen molar-refractivity contribution in [3.8, 4) is 0 Å². The molecule has 0 aliphatic carbocycles. The average Bonchev–Trinajstić information content (AvgIpc) is 2.96. The van der Waals surface area contributed by atoms with Gasteiger partial charge in [0.25, 0.3) is 0 Å². The van der Waals surface area contributed by atoms with E-state index in [-0.39, 0.29) is 49.2 Å². The predicted octanol–water partition coefficient (Wildman–Crippen LogP) is 4.80. The van der Waals surface area contributed by atoms with Crippen molar-refractivity contribution >= 4 is 17.8 Å². The Morgan fingerprint density at radius 3 is 2.49 bits per heavy atom. The number of urea groups is 1. The van der Waals surface area contributed by atoms with Gasteiger partial charge in [-0.05, 0) is 54.9 Å². The zero-order valence-electron chi connectivity index (χ0n) is 24.6. The fraction of sp³-hybridized carbons (Fsp3) is 0.531. The number of aryl methyl sites for hydroxylation is 1. The van der Waals surface area contributed by atoms with Gasteiger partial charge in [0.05, 0.1) is 13.1 Å². The molecule has 0 bridgehead atoms. The number of carbonyl (C=O) groups is 3. The van der Waals surface area contributed by atoms with Crippen LogP contribution in [0.25, 0.3) is 0 Å². The van der Waals surface area contributed by atoms with E-state index in [4.69, 9.17) is 0 Å². The van der Waals surface area contributed by atoms with Crippen LogP contribution in [-0.2, 0) is 22.6 Å². The van der Waals surface area contributed by atoms with Gasteiger partial charge in [0, 0.05) is 19.6 Å². The normalized spacial score (nSPS) is 20.2. The van der Waals surface area contributed by atoms with Crippen molar-refractivity contribution in [3.05, 3.63) is 71.5 Å². The third-order valence-electron chi connectivity index (χ3n) is 8.20. The van der Waals surface area contributed by atoms with Crippen molar-refractivity contribution in [3.63, 3.8) is 0 Å². The van der Waals surface area contributed by atoms with Crippen molar-refractivity contribution in [2.24, 2.45) is 5.92 Å². The summed E-state index contributed by atoms with van der Waals surface area (Å²) in [6.45, 7) is 7.53. The van der Waals surface area contributed by atoms with Crippen molar-refractivity contribution in [2.75, 3.05) is 26.2 Å². The van der Waals surface area contributed by atoms with Crippen LogP contribution in [0.4, 0.5) is 9.18 Å². The molecule has 8 nitrogen and oxygen atoms in total. The Bertz CT molecular complexity index is 1180. The number of nitrogens with zero attached hydrogens (tertiary/aromatic N) is 4. The SMILES string of the molecule is CCCCNC(=O)N1[C@H]2CN(CCCCc3ccccc3)C(=O)[C@H](C(C)CC)N2C(=O)CN1Cc1cccc(F)c1. The Kier molecular flexibility index (Phi) is 10.7. The molecule has 4 amide bonds. The van der Waals surface area contributed by atoms with Crippen molar-refractivity contribution in [1.82, 2.24) is 25.1 Å². The van der Waals surface area contributed by atoms with E-state index in [9.17, 15) is 18.8 Å². The summed E-state index contributed by atoms with van der Waals surface area (Å²) in [5, 5.41) is 6.33. The number of benzene rings is 2. The van der Waals surface area contributed by atoms with Crippen LogP contribution in [0, 0.1) is 11.7 Å². The Balaban J connectivity index is 1.59. The van der Waals surface area contributed by atoms with Crippen LogP contribution in [0.15, 0.2) is 54.6 Å². The van der Waals surface area contributed by atoms with Gasteiger partial charge in [-0.3, -0.25) is 9.59 Å². The molecular formula is C32H44FN5O3. The zero-order valence-corrected chi connectivity index (χ0v) is 24.6. The first-order valence-electron chi connectivity index (χ1n) is 15.0. The van der Waals surface area contributed by atoms with E-state index >= 15 is 0 Å². The van der Waals surface area contributed by atoms with Gasteiger partial charge in [-0.1, -0.05) is 76.1 Å². The molecule has 41 heavy (non-hydrogen) atoms. The predicted molar refractivity (Wildman–Crippen MR) is 157 cm³/mol. The van der Waals surface area contributed by atoms with Crippen LogP contribution in [0.2, 0.25) is 0 Å². The highest BCUT2D eigenvalue weighted by atomic mass is 19.1. The molecule has 2 heterocycles. The van der Waals surface area contributed by atoms with Crippen LogP contribution < -0.4 is 5.32 Å². The topological polar surface area (TPSA) is 76.2 Å². The van der Waals surface area contributed by atoms with Gasteiger partial charge < -0.3 is 15.1 Å². The van der Waals surface area contributed by atoms with Gasteiger partial charge in [-0.2, -0.15) is 0 Å². The largest absolute Gasteiger partial charge is 0.337 e. The van der Waals surface area contributed by atoms with Crippen LogP contribution in [0.5, 0.6) is 0 Å². The number of piperazine rings is 1. The minimum Gasteiger partial charge on any atom is -0.337 e. The molecule has 2 aliphatic rings. The lowest BCUT2D eigenvalue weighted by Crippen LogP contribution is -2.77. The van der Waals surface area contributed by atoms with Gasteiger partial charge in [0.2, 0.25) is 11.8 Å². The highest BCUT2D eigenvalue weighted by Crippen LogP contribution is 2.31. The first-order chi connectivity index (χ1) is 19.8. The maximum absolute atomic E-state index is 14.0. The van der Waals surface area contributed by atoms with E-state index in [1.807, 2.05) is 36.9 Å². The van der Waals surface area contributed by atoms with Crippen LogP contribution in [0.3, 0.4) is 0 Å². The number of carbonyl (C=O) groups excluding carboxylic acids is 3. The van der Waals surface area contributed by atoms with Gasteiger partial charge in [0.15, 0.2) is 0 Å². The monoisotopic (exact) mass is 565 g/mol. The summed E-state index contributed by atoms with van der Waals surface area (Å²) < 4.78 is 14.0. The number of unbranched alkanes of at least 4 members (excludes halogenated alkanes) is 2. The summed E-state index contributed by atoms with van der Waals surface area (Å²) in [7, 11) is 0. The Hall–Kier alpha value is -3.46. The summed E-state index contributed by atoms with van der Waals surface area (Å²) in [5.41, 5.74) is 1.93. The van der Waals surface area contributed by atoms with Gasteiger partial charge in [0.1, 0.15) is 18.0 Å². The van der Waals surface area contributed by atoms with Crippen LogP contribution in [-0.4, -0.2) is 76.0 Å². The molecule has 2 aromatic carbocycles. The van der Waals surface area contributed by atoms with E-state index in [0.717, 1.165) is 38.5 Å². The van der Waals surface area contributed by atoms with E-state index < -0.39 is 12.2 Å². The van der Waals surface area contributed by atoms with Crippen LogP contribution >= 0.6 is 0 Å². The first kappa shape index (κ1) is 30.5. The molecule has 0 aromatic heterocycles. The molecule has 2 aromatic rings. The third-order valence-corrected chi connectivity index (χ3v) is 8.20. The molecule has 3 atom stereocenters.